The van der Waals surface area contributed by atoms with Gasteiger partial charge in [-0.3, -0.25) is 0 Å². The molecule has 1 aromatic heterocycles. The summed E-state index contributed by atoms with van der Waals surface area (Å²) in [6, 6.07) is 6.54. The number of imidazole rings is 1. The SMILES string of the molecule is COCC(C)n1c(=S)[nH]c2ccc(C)cc21. The van der Waals surface area contributed by atoms with Crippen LogP contribution in [0.2, 0.25) is 0 Å². The molecule has 1 unspecified atom stereocenters. The van der Waals surface area contributed by atoms with E-state index in [4.69, 9.17) is 17.0 Å². The summed E-state index contributed by atoms with van der Waals surface area (Å²) in [6.07, 6.45) is 0. The Kier molecular flexibility index (Phi) is 3.12. The number of aromatic amines is 1. The zero-order valence-corrected chi connectivity index (χ0v) is 10.6. The van der Waals surface area contributed by atoms with Gasteiger partial charge in [0.2, 0.25) is 0 Å². The van der Waals surface area contributed by atoms with Gasteiger partial charge in [0.25, 0.3) is 0 Å². The lowest BCUT2D eigenvalue weighted by Gasteiger charge is -2.13. The number of hydrogen-bond acceptors (Lipinski definition) is 2. The van der Waals surface area contributed by atoms with Crippen molar-refractivity contribution in [2.45, 2.75) is 19.9 Å². The summed E-state index contributed by atoms with van der Waals surface area (Å²) in [5, 5.41) is 0. The Hall–Kier alpha value is -1.13. The molecule has 0 bridgehead atoms. The van der Waals surface area contributed by atoms with Gasteiger partial charge in [-0.25, -0.2) is 0 Å². The summed E-state index contributed by atoms with van der Waals surface area (Å²) in [5.74, 6) is 0. The molecule has 0 amide bonds. The minimum Gasteiger partial charge on any atom is -0.383 e. The first kappa shape index (κ1) is 11.4. The third kappa shape index (κ3) is 1.90. The van der Waals surface area contributed by atoms with Gasteiger partial charge in [0, 0.05) is 7.11 Å². The molecule has 16 heavy (non-hydrogen) atoms. The number of nitrogens with zero attached hydrogens (tertiary/aromatic N) is 1. The lowest BCUT2D eigenvalue weighted by atomic mass is 10.2. The number of aryl methyl sites for hydroxylation is 1. The van der Waals surface area contributed by atoms with Crippen molar-refractivity contribution in [3.8, 4) is 0 Å². The molecule has 0 spiro atoms. The number of benzene rings is 1. The molecule has 0 aliphatic heterocycles. The van der Waals surface area contributed by atoms with Gasteiger partial charge in [-0.05, 0) is 43.8 Å². The van der Waals surface area contributed by atoms with Gasteiger partial charge >= 0.3 is 0 Å². The van der Waals surface area contributed by atoms with Crippen molar-refractivity contribution in [1.82, 2.24) is 9.55 Å². The van der Waals surface area contributed by atoms with E-state index in [9.17, 15) is 0 Å². The Morgan fingerprint density at radius 2 is 2.25 bits per heavy atom. The molecule has 1 atom stereocenters. The van der Waals surface area contributed by atoms with Crippen LogP contribution in [0, 0.1) is 11.7 Å². The van der Waals surface area contributed by atoms with Crippen molar-refractivity contribution in [2.75, 3.05) is 13.7 Å². The van der Waals surface area contributed by atoms with E-state index in [2.05, 4.69) is 41.6 Å². The lowest BCUT2D eigenvalue weighted by molar-refractivity contribution is 0.163. The Labute approximate surface area is 100 Å². The molecule has 0 fully saturated rings. The smallest absolute Gasteiger partial charge is 0.178 e. The topological polar surface area (TPSA) is 29.9 Å². The fourth-order valence-corrected chi connectivity index (χ4v) is 2.37. The second-order valence-corrected chi connectivity index (χ2v) is 4.51. The zero-order valence-electron chi connectivity index (χ0n) is 9.78. The van der Waals surface area contributed by atoms with Gasteiger partial charge in [0.05, 0.1) is 23.7 Å². The molecule has 0 saturated carbocycles. The van der Waals surface area contributed by atoms with Crippen LogP contribution in [0.3, 0.4) is 0 Å². The maximum absolute atomic E-state index is 5.34. The van der Waals surface area contributed by atoms with E-state index in [1.807, 2.05) is 0 Å². The maximum atomic E-state index is 5.34. The minimum atomic E-state index is 0.244. The normalized spacial score (nSPS) is 13.2. The predicted molar refractivity (Wildman–Crippen MR) is 68.4 cm³/mol. The quantitative estimate of drug-likeness (QED) is 0.829. The number of fused-ring (bicyclic) bond motifs is 1. The van der Waals surface area contributed by atoms with Crippen LogP contribution in [-0.2, 0) is 4.74 Å². The average Bonchev–Trinajstić information content (AvgIpc) is 2.53. The van der Waals surface area contributed by atoms with E-state index >= 15 is 0 Å². The van der Waals surface area contributed by atoms with E-state index in [-0.39, 0.29) is 6.04 Å². The monoisotopic (exact) mass is 236 g/mol. The maximum Gasteiger partial charge on any atom is 0.178 e. The molecular weight excluding hydrogens is 220 g/mol. The molecule has 86 valence electrons. The molecular formula is C12H16N2OS. The second kappa shape index (κ2) is 4.39. The van der Waals surface area contributed by atoms with Crippen molar-refractivity contribution in [1.29, 1.82) is 0 Å². The van der Waals surface area contributed by atoms with Crippen LogP contribution in [0.25, 0.3) is 11.0 Å². The molecule has 0 radical (unpaired) electrons. The lowest BCUT2D eigenvalue weighted by Crippen LogP contribution is -2.10. The van der Waals surface area contributed by atoms with E-state index in [1.54, 1.807) is 7.11 Å². The van der Waals surface area contributed by atoms with Crippen LogP contribution < -0.4 is 0 Å². The Morgan fingerprint density at radius 3 is 2.94 bits per heavy atom. The Balaban J connectivity index is 2.62. The number of H-pyrrole nitrogens is 1. The highest BCUT2D eigenvalue weighted by atomic mass is 32.1. The number of rotatable bonds is 3. The van der Waals surface area contributed by atoms with Crippen LogP contribution in [0.5, 0.6) is 0 Å². The van der Waals surface area contributed by atoms with Crippen LogP contribution in [0.4, 0.5) is 0 Å². The van der Waals surface area contributed by atoms with Gasteiger partial charge in [-0.1, -0.05) is 6.07 Å². The molecule has 0 saturated heterocycles. The first-order valence-corrected chi connectivity index (χ1v) is 5.74. The standard InChI is InChI=1S/C12H16N2OS/c1-8-4-5-10-11(6-8)14(12(16)13-10)9(2)7-15-3/h4-6,9H,7H2,1-3H3,(H,13,16). The minimum absolute atomic E-state index is 0.244. The zero-order chi connectivity index (χ0) is 11.7. The van der Waals surface area contributed by atoms with Gasteiger partial charge in [-0.2, -0.15) is 0 Å². The van der Waals surface area contributed by atoms with E-state index < -0.39 is 0 Å². The molecule has 2 rings (SSSR count). The molecule has 3 nitrogen and oxygen atoms in total. The predicted octanol–water partition coefficient (Wildman–Crippen LogP) is 3.21. The summed E-state index contributed by atoms with van der Waals surface area (Å²) in [4.78, 5) is 3.22. The number of methoxy groups -OCH3 is 1. The van der Waals surface area contributed by atoms with Crippen molar-refractivity contribution < 1.29 is 4.74 Å². The van der Waals surface area contributed by atoms with E-state index in [1.165, 1.54) is 5.56 Å². The highest BCUT2D eigenvalue weighted by molar-refractivity contribution is 7.71. The van der Waals surface area contributed by atoms with E-state index in [0.717, 1.165) is 15.8 Å². The number of hydrogen-bond donors (Lipinski definition) is 1. The largest absolute Gasteiger partial charge is 0.383 e. The van der Waals surface area contributed by atoms with Crippen LogP contribution in [0.15, 0.2) is 18.2 Å². The fraction of sp³-hybridized carbons (Fsp3) is 0.417. The van der Waals surface area contributed by atoms with Crippen molar-refractivity contribution >= 4 is 23.3 Å². The molecule has 2 aromatic rings. The molecule has 1 N–H and O–H groups in total. The van der Waals surface area contributed by atoms with Gasteiger partial charge in [0.1, 0.15) is 0 Å². The van der Waals surface area contributed by atoms with Gasteiger partial charge < -0.3 is 14.3 Å². The molecule has 1 heterocycles. The van der Waals surface area contributed by atoms with Crippen LogP contribution in [0.1, 0.15) is 18.5 Å². The summed E-state index contributed by atoms with van der Waals surface area (Å²) in [7, 11) is 1.71. The number of ether oxygens (including phenoxy) is 1. The molecule has 0 aliphatic rings. The number of aromatic nitrogens is 2. The summed E-state index contributed by atoms with van der Waals surface area (Å²) >= 11 is 5.34. The Bertz CT molecular complexity index is 556. The first-order chi connectivity index (χ1) is 7.63. The molecule has 1 aromatic carbocycles. The van der Waals surface area contributed by atoms with E-state index in [0.29, 0.717) is 6.61 Å². The fourth-order valence-electron chi connectivity index (χ4n) is 1.98. The van der Waals surface area contributed by atoms with Crippen LogP contribution in [-0.4, -0.2) is 23.3 Å². The van der Waals surface area contributed by atoms with Gasteiger partial charge in [-0.15, -0.1) is 0 Å². The molecule has 0 aliphatic carbocycles. The summed E-state index contributed by atoms with van der Waals surface area (Å²) < 4.78 is 8.05. The van der Waals surface area contributed by atoms with Crippen molar-refractivity contribution in [3.05, 3.63) is 28.5 Å². The van der Waals surface area contributed by atoms with Crippen molar-refractivity contribution in [2.24, 2.45) is 0 Å². The second-order valence-electron chi connectivity index (χ2n) is 4.13. The Morgan fingerprint density at radius 1 is 1.50 bits per heavy atom. The van der Waals surface area contributed by atoms with Crippen molar-refractivity contribution in [3.63, 3.8) is 0 Å². The number of nitrogens with one attached hydrogen (secondary N) is 1. The first-order valence-electron chi connectivity index (χ1n) is 5.33. The molecule has 4 heteroatoms. The highest BCUT2D eigenvalue weighted by Gasteiger charge is 2.10. The highest BCUT2D eigenvalue weighted by Crippen LogP contribution is 2.20. The third-order valence-corrected chi connectivity index (χ3v) is 3.02. The van der Waals surface area contributed by atoms with Crippen LogP contribution >= 0.6 is 12.2 Å². The summed E-state index contributed by atoms with van der Waals surface area (Å²) in [5.41, 5.74) is 3.47. The van der Waals surface area contributed by atoms with Gasteiger partial charge in [0.15, 0.2) is 4.77 Å². The average molecular weight is 236 g/mol. The third-order valence-electron chi connectivity index (χ3n) is 2.72. The summed E-state index contributed by atoms with van der Waals surface area (Å²) in [6.45, 7) is 4.85.